The quantitative estimate of drug-likeness (QED) is 0.855. The number of methoxy groups -OCH3 is 1. The molecule has 0 atom stereocenters. The first-order chi connectivity index (χ1) is 8.85. The molecule has 106 valence electrons. The molecule has 0 aliphatic carbocycles. The number of primary amides is 1. The second-order valence-electron chi connectivity index (χ2n) is 5.31. The maximum Gasteiger partial charge on any atom is 0.231 e. The van der Waals surface area contributed by atoms with Crippen LogP contribution in [-0.2, 0) is 11.3 Å². The van der Waals surface area contributed by atoms with Gasteiger partial charge in [-0.2, -0.15) is 0 Å². The molecule has 0 heterocycles. The van der Waals surface area contributed by atoms with Gasteiger partial charge in [-0.25, -0.2) is 0 Å². The molecular formula is C15H24N2O2. The molecule has 0 aromatic heterocycles. The fraction of sp³-hybridized carbons (Fsp3) is 0.533. The summed E-state index contributed by atoms with van der Waals surface area (Å²) < 4.78 is 5.42. The molecule has 0 aliphatic rings. The van der Waals surface area contributed by atoms with Gasteiger partial charge in [-0.15, -0.1) is 0 Å². The largest absolute Gasteiger partial charge is 0.496 e. The lowest BCUT2D eigenvalue weighted by Gasteiger charge is -2.20. The van der Waals surface area contributed by atoms with Crippen molar-refractivity contribution in [2.45, 2.75) is 33.2 Å². The third kappa shape index (κ3) is 4.24. The van der Waals surface area contributed by atoms with Crippen LogP contribution in [-0.4, -0.2) is 31.5 Å². The van der Waals surface area contributed by atoms with Gasteiger partial charge in [0.1, 0.15) is 5.75 Å². The number of benzene rings is 1. The highest BCUT2D eigenvalue weighted by atomic mass is 16.5. The van der Waals surface area contributed by atoms with Gasteiger partial charge in [0.05, 0.1) is 13.7 Å². The molecule has 4 heteroatoms. The van der Waals surface area contributed by atoms with E-state index in [0.29, 0.717) is 12.5 Å². The molecule has 19 heavy (non-hydrogen) atoms. The lowest BCUT2D eigenvalue weighted by molar-refractivity contribution is -0.118. The molecular weight excluding hydrogens is 240 g/mol. The number of amides is 1. The Kier molecular flexibility index (Phi) is 5.36. The highest BCUT2D eigenvalue weighted by Crippen LogP contribution is 2.30. The van der Waals surface area contributed by atoms with Gasteiger partial charge in [0, 0.05) is 6.54 Å². The molecule has 0 saturated carbocycles. The predicted molar refractivity (Wildman–Crippen MR) is 77.3 cm³/mol. The summed E-state index contributed by atoms with van der Waals surface area (Å²) in [7, 11) is 3.59. The highest BCUT2D eigenvalue weighted by Gasteiger charge is 2.13. The highest BCUT2D eigenvalue weighted by molar-refractivity contribution is 5.75. The standard InChI is InChI=1S/C15H24N2O2/c1-10(2)13-7-12(8-17(4)9-15(16)18)11(3)6-14(13)19-5/h6-7,10H,8-9H2,1-5H3,(H2,16,18). The number of aryl methyl sites for hydroxylation is 1. The van der Waals surface area contributed by atoms with Gasteiger partial charge in [0.25, 0.3) is 0 Å². The van der Waals surface area contributed by atoms with Crippen LogP contribution in [0.15, 0.2) is 12.1 Å². The number of rotatable bonds is 6. The summed E-state index contributed by atoms with van der Waals surface area (Å²) in [5.41, 5.74) is 8.77. The number of carbonyl (C=O) groups excluding carboxylic acids is 1. The summed E-state index contributed by atoms with van der Waals surface area (Å²) in [6.07, 6.45) is 0. The van der Waals surface area contributed by atoms with Crippen molar-refractivity contribution in [3.05, 3.63) is 28.8 Å². The SMILES string of the molecule is COc1cc(C)c(CN(C)CC(N)=O)cc1C(C)C. The second kappa shape index (κ2) is 6.57. The van der Waals surface area contributed by atoms with E-state index in [0.717, 1.165) is 11.3 Å². The number of hydrogen-bond acceptors (Lipinski definition) is 3. The zero-order valence-corrected chi connectivity index (χ0v) is 12.5. The summed E-state index contributed by atoms with van der Waals surface area (Å²) in [5, 5.41) is 0. The van der Waals surface area contributed by atoms with Crippen molar-refractivity contribution in [2.75, 3.05) is 20.7 Å². The van der Waals surface area contributed by atoms with Crippen LogP contribution in [0.4, 0.5) is 0 Å². The summed E-state index contributed by atoms with van der Waals surface area (Å²) in [6, 6.07) is 4.22. The zero-order chi connectivity index (χ0) is 14.6. The molecule has 0 fully saturated rings. The maximum absolute atomic E-state index is 10.9. The Hall–Kier alpha value is -1.55. The smallest absolute Gasteiger partial charge is 0.231 e. The third-order valence-electron chi connectivity index (χ3n) is 3.18. The molecule has 0 radical (unpaired) electrons. The van der Waals surface area contributed by atoms with Crippen LogP contribution in [0.3, 0.4) is 0 Å². The van der Waals surface area contributed by atoms with Crippen LogP contribution >= 0.6 is 0 Å². The van der Waals surface area contributed by atoms with Crippen molar-refractivity contribution in [3.63, 3.8) is 0 Å². The minimum Gasteiger partial charge on any atom is -0.496 e. The van der Waals surface area contributed by atoms with E-state index in [1.54, 1.807) is 7.11 Å². The summed E-state index contributed by atoms with van der Waals surface area (Å²) >= 11 is 0. The van der Waals surface area contributed by atoms with Crippen LogP contribution in [0.2, 0.25) is 0 Å². The van der Waals surface area contributed by atoms with Gasteiger partial charge in [-0.05, 0) is 42.6 Å². The third-order valence-corrected chi connectivity index (χ3v) is 3.18. The van der Waals surface area contributed by atoms with E-state index in [-0.39, 0.29) is 12.5 Å². The predicted octanol–water partition coefficient (Wildman–Crippen LogP) is 2.04. The number of nitrogens with zero attached hydrogens (tertiary/aromatic N) is 1. The van der Waals surface area contributed by atoms with Crippen LogP contribution < -0.4 is 10.5 Å². The second-order valence-corrected chi connectivity index (χ2v) is 5.31. The molecule has 0 spiro atoms. The Morgan fingerprint density at radius 1 is 1.42 bits per heavy atom. The molecule has 0 aliphatic heterocycles. The molecule has 0 unspecified atom stereocenters. The fourth-order valence-corrected chi connectivity index (χ4v) is 2.16. The summed E-state index contributed by atoms with van der Waals surface area (Å²) in [6.45, 7) is 7.31. The van der Waals surface area contributed by atoms with Crippen LogP contribution in [0.1, 0.15) is 36.5 Å². The van der Waals surface area contributed by atoms with Gasteiger partial charge in [0.2, 0.25) is 5.91 Å². The Bertz CT molecular complexity index is 456. The first-order valence-corrected chi connectivity index (χ1v) is 6.49. The van der Waals surface area contributed by atoms with E-state index >= 15 is 0 Å². The Morgan fingerprint density at radius 2 is 2.05 bits per heavy atom. The van der Waals surface area contributed by atoms with E-state index < -0.39 is 0 Å². The Morgan fingerprint density at radius 3 is 2.53 bits per heavy atom. The molecule has 4 nitrogen and oxygen atoms in total. The monoisotopic (exact) mass is 264 g/mol. The minimum absolute atomic E-state index is 0.266. The Labute approximate surface area is 115 Å². The van der Waals surface area contributed by atoms with Gasteiger partial charge < -0.3 is 10.5 Å². The van der Waals surface area contributed by atoms with Crippen molar-refractivity contribution >= 4 is 5.91 Å². The first-order valence-electron chi connectivity index (χ1n) is 6.49. The average Bonchev–Trinajstić information content (AvgIpc) is 2.29. The average molecular weight is 264 g/mol. The van der Waals surface area contributed by atoms with Crippen molar-refractivity contribution in [2.24, 2.45) is 5.73 Å². The lowest BCUT2D eigenvalue weighted by atomic mass is 9.96. The molecule has 1 aromatic rings. The number of carbonyl (C=O) groups is 1. The summed E-state index contributed by atoms with van der Waals surface area (Å²) in [4.78, 5) is 12.8. The van der Waals surface area contributed by atoms with E-state index in [1.807, 2.05) is 11.9 Å². The van der Waals surface area contributed by atoms with Gasteiger partial charge in [0.15, 0.2) is 0 Å². The van der Waals surface area contributed by atoms with E-state index in [4.69, 9.17) is 10.5 Å². The topological polar surface area (TPSA) is 55.6 Å². The van der Waals surface area contributed by atoms with Gasteiger partial charge in [-0.3, -0.25) is 9.69 Å². The van der Waals surface area contributed by atoms with Crippen molar-refractivity contribution in [3.8, 4) is 5.75 Å². The van der Waals surface area contributed by atoms with Gasteiger partial charge >= 0.3 is 0 Å². The van der Waals surface area contributed by atoms with E-state index in [9.17, 15) is 4.79 Å². The number of hydrogen-bond donors (Lipinski definition) is 1. The first kappa shape index (κ1) is 15.5. The van der Waals surface area contributed by atoms with E-state index in [1.165, 1.54) is 11.1 Å². The van der Waals surface area contributed by atoms with Gasteiger partial charge in [-0.1, -0.05) is 19.9 Å². The summed E-state index contributed by atoms with van der Waals surface area (Å²) in [5.74, 6) is 1.02. The fourth-order valence-electron chi connectivity index (χ4n) is 2.16. The van der Waals surface area contributed by atoms with E-state index in [2.05, 4.69) is 32.9 Å². The number of likely N-dealkylation sites (N-methyl/N-ethyl adjacent to an activating group) is 1. The molecule has 1 aromatic carbocycles. The van der Waals surface area contributed by atoms with Crippen molar-refractivity contribution in [1.82, 2.24) is 4.90 Å². The van der Waals surface area contributed by atoms with Crippen molar-refractivity contribution in [1.29, 1.82) is 0 Å². The number of ether oxygens (including phenoxy) is 1. The number of nitrogens with two attached hydrogens (primary N) is 1. The molecule has 2 N–H and O–H groups in total. The molecule has 0 saturated heterocycles. The normalized spacial score (nSPS) is 11.1. The molecule has 1 amide bonds. The minimum atomic E-state index is -0.308. The lowest BCUT2D eigenvalue weighted by Crippen LogP contribution is -2.30. The zero-order valence-electron chi connectivity index (χ0n) is 12.5. The van der Waals surface area contributed by atoms with Crippen molar-refractivity contribution < 1.29 is 9.53 Å². The van der Waals surface area contributed by atoms with Crippen LogP contribution in [0, 0.1) is 6.92 Å². The van der Waals surface area contributed by atoms with Crippen LogP contribution in [0.5, 0.6) is 5.75 Å². The molecule has 0 bridgehead atoms. The molecule has 1 rings (SSSR count). The van der Waals surface area contributed by atoms with Crippen LogP contribution in [0.25, 0.3) is 0 Å². The maximum atomic E-state index is 10.9. The Balaban J connectivity index is 3.01.